The Morgan fingerprint density at radius 3 is 2.89 bits per heavy atom. The molecule has 0 radical (unpaired) electrons. The van der Waals surface area contributed by atoms with Gasteiger partial charge in [-0.1, -0.05) is 6.07 Å². The van der Waals surface area contributed by atoms with E-state index < -0.39 is 0 Å². The van der Waals surface area contributed by atoms with Crippen molar-refractivity contribution in [1.82, 2.24) is 4.90 Å². The maximum Gasteiger partial charge on any atom is 0.0598 e. The fourth-order valence-electron chi connectivity index (χ4n) is 2.55. The summed E-state index contributed by atoms with van der Waals surface area (Å²) >= 11 is 3.43. The number of hydrogen-bond donors (Lipinski definition) is 1. The SMILES string of the molecule is COC1CCN(Cc2ccc(Br)c(N)c2)C(C)C1. The molecule has 0 aliphatic carbocycles. The number of hydrogen-bond acceptors (Lipinski definition) is 3. The minimum Gasteiger partial charge on any atom is -0.398 e. The topological polar surface area (TPSA) is 38.5 Å². The Morgan fingerprint density at radius 1 is 1.50 bits per heavy atom. The maximum absolute atomic E-state index is 5.92. The molecule has 1 heterocycles. The van der Waals surface area contributed by atoms with Crippen LogP contribution in [0.1, 0.15) is 25.3 Å². The molecule has 1 aliphatic heterocycles. The molecular weight excluding hydrogens is 292 g/mol. The number of anilines is 1. The maximum atomic E-state index is 5.92. The van der Waals surface area contributed by atoms with E-state index in [4.69, 9.17) is 10.5 Å². The zero-order valence-corrected chi connectivity index (χ0v) is 12.6. The van der Waals surface area contributed by atoms with Crippen LogP contribution < -0.4 is 5.73 Å². The highest BCUT2D eigenvalue weighted by Gasteiger charge is 2.25. The third-order valence-electron chi connectivity index (χ3n) is 3.75. The molecule has 4 heteroatoms. The standard InChI is InChI=1S/C14H21BrN2O/c1-10-7-12(18-2)5-6-17(10)9-11-3-4-13(15)14(16)8-11/h3-4,8,10,12H,5-7,9,16H2,1-2H3. The lowest BCUT2D eigenvalue weighted by molar-refractivity contribution is 0.0130. The van der Waals surface area contributed by atoms with E-state index in [-0.39, 0.29) is 0 Å². The molecule has 2 rings (SSSR count). The van der Waals surface area contributed by atoms with Gasteiger partial charge in [0.15, 0.2) is 0 Å². The zero-order valence-electron chi connectivity index (χ0n) is 11.0. The Morgan fingerprint density at radius 2 is 2.28 bits per heavy atom. The first kappa shape index (κ1) is 13.8. The molecule has 0 aromatic heterocycles. The first-order valence-electron chi connectivity index (χ1n) is 6.41. The average Bonchev–Trinajstić information content (AvgIpc) is 2.36. The second-order valence-electron chi connectivity index (χ2n) is 5.06. The number of halogens is 1. The molecule has 1 aliphatic rings. The van der Waals surface area contributed by atoms with Gasteiger partial charge in [-0.3, -0.25) is 4.90 Å². The van der Waals surface area contributed by atoms with Crippen LogP contribution in [0.4, 0.5) is 5.69 Å². The second kappa shape index (κ2) is 6.04. The highest BCUT2D eigenvalue weighted by atomic mass is 79.9. The van der Waals surface area contributed by atoms with Gasteiger partial charge in [-0.05, 0) is 53.4 Å². The summed E-state index contributed by atoms with van der Waals surface area (Å²) in [6.07, 6.45) is 2.65. The molecule has 1 aromatic carbocycles. The van der Waals surface area contributed by atoms with Crippen LogP contribution >= 0.6 is 15.9 Å². The first-order chi connectivity index (χ1) is 8.60. The normalized spacial score (nSPS) is 25.3. The van der Waals surface area contributed by atoms with Crippen LogP contribution in [0.3, 0.4) is 0 Å². The van der Waals surface area contributed by atoms with Crippen LogP contribution in [-0.2, 0) is 11.3 Å². The van der Waals surface area contributed by atoms with Gasteiger partial charge in [0.2, 0.25) is 0 Å². The van der Waals surface area contributed by atoms with Crippen molar-refractivity contribution in [3.63, 3.8) is 0 Å². The Bertz CT molecular complexity index is 411. The van der Waals surface area contributed by atoms with Gasteiger partial charge in [0.25, 0.3) is 0 Å². The van der Waals surface area contributed by atoms with Crippen molar-refractivity contribution >= 4 is 21.6 Å². The number of methoxy groups -OCH3 is 1. The summed E-state index contributed by atoms with van der Waals surface area (Å²) < 4.78 is 6.41. The van der Waals surface area contributed by atoms with Gasteiger partial charge in [0.05, 0.1) is 6.10 Å². The van der Waals surface area contributed by atoms with Gasteiger partial charge in [0.1, 0.15) is 0 Å². The van der Waals surface area contributed by atoms with Crippen LogP contribution in [0, 0.1) is 0 Å². The minimum atomic E-state index is 0.422. The van der Waals surface area contributed by atoms with E-state index in [1.807, 2.05) is 13.2 Å². The van der Waals surface area contributed by atoms with E-state index in [1.165, 1.54) is 5.56 Å². The Kier molecular flexibility index (Phi) is 4.65. The second-order valence-corrected chi connectivity index (χ2v) is 5.91. The lowest BCUT2D eigenvalue weighted by Crippen LogP contribution is -2.42. The molecule has 0 bridgehead atoms. The Balaban J connectivity index is 1.99. The number of benzene rings is 1. The average molecular weight is 313 g/mol. The van der Waals surface area contributed by atoms with E-state index in [1.54, 1.807) is 0 Å². The van der Waals surface area contributed by atoms with Crippen LogP contribution in [-0.4, -0.2) is 30.7 Å². The number of nitrogen functional groups attached to an aromatic ring is 1. The zero-order chi connectivity index (χ0) is 13.1. The molecule has 18 heavy (non-hydrogen) atoms. The third kappa shape index (κ3) is 3.25. The van der Waals surface area contributed by atoms with Gasteiger partial charge in [-0.15, -0.1) is 0 Å². The number of likely N-dealkylation sites (tertiary alicyclic amines) is 1. The van der Waals surface area contributed by atoms with Crippen molar-refractivity contribution in [3.8, 4) is 0 Å². The highest BCUT2D eigenvalue weighted by Crippen LogP contribution is 2.24. The molecule has 1 saturated heterocycles. The summed E-state index contributed by atoms with van der Waals surface area (Å²) in [5.41, 5.74) is 8.01. The molecule has 100 valence electrons. The summed E-state index contributed by atoms with van der Waals surface area (Å²) in [4.78, 5) is 2.50. The third-order valence-corrected chi connectivity index (χ3v) is 4.47. The Labute approximate surface area is 117 Å². The lowest BCUT2D eigenvalue weighted by Gasteiger charge is -2.37. The molecule has 2 unspecified atom stereocenters. The van der Waals surface area contributed by atoms with Crippen molar-refractivity contribution < 1.29 is 4.74 Å². The van der Waals surface area contributed by atoms with Gasteiger partial charge in [0, 0.05) is 36.4 Å². The summed E-state index contributed by atoms with van der Waals surface area (Å²) in [6, 6.07) is 6.78. The Hall–Kier alpha value is -0.580. The number of nitrogens with zero attached hydrogens (tertiary/aromatic N) is 1. The van der Waals surface area contributed by atoms with Crippen molar-refractivity contribution in [2.75, 3.05) is 19.4 Å². The monoisotopic (exact) mass is 312 g/mol. The van der Waals surface area contributed by atoms with Crippen LogP contribution in [0.5, 0.6) is 0 Å². The quantitative estimate of drug-likeness (QED) is 0.872. The molecule has 2 atom stereocenters. The largest absolute Gasteiger partial charge is 0.398 e. The highest BCUT2D eigenvalue weighted by molar-refractivity contribution is 9.10. The summed E-state index contributed by atoms with van der Waals surface area (Å²) in [5, 5.41) is 0. The fraction of sp³-hybridized carbons (Fsp3) is 0.571. The van der Waals surface area contributed by atoms with Gasteiger partial charge in [-0.2, -0.15) is 0 Å². The molecule has 0 spiro atoms. The van der Waals surface area contributed by atoms with Gasteiger partial charge < -0.3 is 10.5 Å². The molecule has 0 amide bonds. The number of piperidine rings is 1. The predicted molar refractivity (Wildman–Crippen MR) is 78.5 cm³/mol. The van der Waals surface area contributed by atoms with Crippen molar-refractivity contribution in [1.29, 1.82) is 0 Å². The van der Waals surface area contributed by atoms with Crippen molar-refractivity contribution in [2.45, 2.75) is 38.5 Å². The number of ether oxygens (including phenoxy) is 1. The first-order valence-corrected chi connectivity index (χ1v) is 7.20. The number of nitrogens with two attached hydrogens (primary N) is 1. The molecule has 1 fully saturated rings. The summed E-state index contributed by atoms with van der Waals surface area (Å²) in [6.45, 7) is 4.33. The fourth-order valence-corrected chi connectivity index (χ4v) is 2.80. The van der Waals surface area contributed by atoms with Crippen LogP contribution in [0.2, 0.25) is 0 Å². The van der Waals surface area contributed by atoms with Crippen LogP contribution in [0.15, 0.2) is 22.7 Å². The minimum absolute atomic E-state index is 0.422. The summed E-state index contributed by atoms with van der Waals surface area (Å²) in [7, 11) is 1.81. The number of rotatable bonds is 3. The molecule has 3 nitrogen and oxygen atoms in total. The van der Waals surface area contributed by atoms with E-state index in [0.717, 1.165) is 36.1 Å². The lowest BCUT2D eigenvalue weighted by atomic mass is 10.00. The van der Waals surface area contributed by atoms with Crippen molar-refractivity contribution in [3.05, 3.63) is 28.2 Å². The summed E-state index contributed by atoms with van der Waals surface area (Å²) in [5.74, 6) is 0. The smallest absolute Gasteiger partial charge is 0.0598 e. The van der Waals surface area contributed by atoms with E-state index in [2.05, 4.69) is 39.9 Å². The molecular formula is C14H21BrN2O. The predicted octanol–water partition coefficient (Wildman–Crippen LogP) is 3.03. The van der Waals surface area contributed by atoms with Crippen LogP contribution in [0.25, 0.3) is 0 Å². The molecule has 1 aromatic rings. The van der Waals surface area contributed by atoms with E-state index in [9.17, 15) is 0 Å². The van der Waals surface area contributed by atoms with Gasteiger partial charge >= 0.3 is 0 Å². The van der Waals surface area contributed by atoms with E-state index >= 15 is 0 Å². The molecule has 2 N–H and O–H groups in total. The van der Waals surface area contributed by atoms with Crippen molar-refractivity contribution in [2.24, 2.45) is 0 Å². The molecule has 0 saturated carbocycles. The van der Waals surface area contributed by atoms with Gasteiger partial charge in [-0.25, -0.2) is 0 Å². The van der Waals surface area contributed by atoms with E-state index in [0.29, 0.717) is 12.1 Å².